The van der Waals surface area contributed by atoms with E-state index in [0.29, 0.717) is 0 Å². The van der Waals surface area contributed by atoms with Crippen LogP contribution in [-0.2, 0) is 0 Å². The molecule has 0 bridgehead atoms. The summed E-state index contributed by atoms with van der Waals surface area (Å²) in [5.41, 5.74) is 0. The predicted octanol–water partition coefficient (Wildman–Crippen LogP) is 2.03. The van der Waals surface area contributed by atoms with Gasteiger partial charge in [0.15, 0.2) is 0 Å². The van der Waals surface area contributed by atoms with Gasteiger partial charge in [0.25, 0.3) is 0 Å². The second-order valence-electron chi connectivity index (χ2n) is 4.08. The van der Waals surface area contributed by atoms with Crippen LogP contribution in [0, 0.1) is 0 Å². The minimum atomic E-state index is 0.882. The molecule has 0 radical (unpaired) electrons. The quantitative estimate of drug-likeness (QED) is 0.448. The summed E-state index contributed by atoms with van der Waals surface area (Å²) < 4.78 is 0. The number of rotatable bonds is 9. The average Bonchev–Trinajstić information content (AvgIpc) is 2.99. The van der Waals surface area contributed by atoms with E-state index in [1.807, 2.05) is 6.08 Å². The van der Waals surface area contributed by atoms with Crippen LogP contribution in [-0.4, -0.2) is 37.1 Å². The maximum Gasteiger partial charge on any atom is 0.0163 e. The first-order chi connectivity index (χ1) is 6.88. The van der Waals surface area contributed by atoms with E-state index in [-0.39, 0.29) is 0 Å². The van der Waals surface area contributed by atoms with Crippen molar-refractivity contribution in [3.63, 3.8) is 0 Å². The molecular formula is C12H24N2. The van der Waals surface area contributed by atoms with Crippen molar-refractivity contribution in [2.24, 2.45) is 0 Å². The third-order valence-corrected chi connectivity index (χ3v) is 2.73. The minimum Gasteiger partial charge on any atom is -0.317 e. The van der Waals surface area contributed by atoms with Crippen LogP contribution in [0.5, 0.6) is 0 Å². The van der Waals surface area contributed by atoms with Crippen LogP contribution in [0.3, 0.4) is 0 Å². The second-order valence-corrected chi connectivity index (χ2v) is 4.08. The van der Waals surface area contributed by atoms with Crippen LogP contribution in [0.2, 0.25) is 0 Å². The van der Waals surface area contributed by atoms with Gasteiger partial charge in [-0.1, -0.05) is 13.0 Å². The Morgan fingerprint density at radius 2 is 2.21 bits per heavy atom. The SMILES string of the molecule is C=CCN(CCCCNCC)C1CC1. The third-order valence-electron chi connectivity index (χ3n) is 2.73. The zero-order chi connectivity index (χ0) is 10.2. The van der Waals surface area contributed by atoms with Gasteiger partial charge in [-0.3, -0.25) is 4.90 Å². The van der Waals surface area contributed by atoms with Crippen LogP contribution in [0.1, 0.15) is 32.6 Å². The van der Waals surface area contributed by atoms with E-state index < -0.39 is 0 Å². The number of unbranched alkanes of at least 4 members (excludes halogenated alkanes) is 1. The monoisotopic (exact) mass is 196 g/mol. The van der Waals surface area contributed by atoms with Crippen LogP contribution in [0.15, 0.2) is 12.7 Å². The maximum atomic E-state index is 3.81. The summed E-state index contributed by atoms with van der Waals surface area (Å²) in [7, 11) is 0. The van der Waals surface area contributed by atoms with Crippen molar-refractivity contribution < 1.29 is 0 Å². The molecule has 0 saturated heterocycles. The lowest BCUT2D eigenvalue weighted by atomic mass is 10.3. The summed E-state index contributed by atoms with van der Waals surface area (Å²) in [6.07, 6.45) is 7.45. The molecule has 0 aliphatic heterocycles. The molecule has 1 aliphatic rings. The van der Waals surface area contributed by atoms with Crippen molar-refractivity contribution in [1.29, 1.82) is 0 Å². The molecule has 1 rings (SSSR count). The molecule has 2 nitrogen and oxygen atoms in total. The lowest BCUT2D eigenvalue weighted by molar-refractivity contribution is 0.285. The van der Waals surface area contributed by atoms with E-state index in [9.17, 15) is 0 Å². The summed E-state index contributed by atoms with van der Waals surface area (Å²) in [5, 5.41) is 3.36. The molecule has 0 aromatic carbocycles. The summed E-state index contributed by atoms with van der Waals surface area (Å²) in [4.78, 5) is 2.57. The fourth-order valence-corrected chi connectivity index (χ4v) is 1.77. The van der Waals surface area contributed by atoms with E-state index in [4.69, 9.17) is 0 Å². The number of hydrogen-bond donors (Lipinski definition) is 1. The minimum absolute atomic E-state index is 0.882. The summed E-state index contributed by atoms with van der Waals surface area (Å²) in [6.45, 7) is 10.6. The molecule has 1 aliphatic carbocycles. The first-order valence-corrected chi connectivity index (χ1v) is 5.94. The van der Waals surface area contributed by atoms with Gasteiger partial charge >= 0.3 is 0 Å². The molecule has 0 amide bonds. The van der Waals surface area contributed by atoms with Crippen LogP contribution in [0.4, 0.5) is 0 Å². The highest BCUT2D eigenvalue weighted by atomic mass is 15.2. The molecule has 14 heavy (non-hydrogen) atoms. The van der Waals surface area contributed by atoms with Crippen molar-refractivity contribution in [1.82, 2.24) is 10.2 Å². The highest BCUT2D eigenvalue weighted by Crippen LogP contribution is 2.26. The molecule has 1 fully saturated rings. The van der Waals surface area contributed by atoms with Gasteiger partial charge in [0, 0.05) is 12.6 Å². The van der Waals surface area contributed by atoms with Gasteiger partial charge < -0.3 is 5.32 Å². The normalized spacial score (nSPS) is 16.1. The molecule has 2 heteroatoms. The summed E-state index contributed by atoms with van der Waals surface area (Å²) in [5.74, 6) is 0. The Hall–Kier alpha value is -0.340. The van der Waals surface area contributed by atoms with Crippen molar-refractivity contribution >= 4 is 0 Å². The van der Waals surface area contributed by atoms with E-state index >= 15 is 0 Å². The Balaban J connectivity index is 1.98. The molecule has 0 spiro atoms. The third kappa shape index (κ3) is 4.77. The van der Waals surface area contributed by atoms with Gasteiger partial charge in [-0.2, -0.15) is 0 Å². The molecule has 0 heterocycles. The van der Waals surface area contributed by atoms with Crippen molar-refractivity contribution in [2.75, 3.05) is 26.2 Å². The van der Waals surface area contributed by atoms with Crippen molar-refractivity contribution in [3.8, 4) is 0 Å². The van der Waals surface area contributed by atoms with Crippen molar-refractivity contribution in [2.45, 2.75) is 38.6 Å². The maximum absolute atomic E-state index is 3.81. The molecule has 0 unspecified atom stereocenters. The largest absolute Gasteiger partial charge is 0.317 e. The van der Waals surface area contributed by atoms with Gasteiger partial charge in [0.2, 0.25) is 0 Å². The van der Waals surface area contributed by atoms with Crippen LogP contribution in [0.25, 0.3) is 0 Å². The first-order valence-electron chi connectivity index (χ1n) is 5.94. The van der Waals surface area contributed by atoms with Gasteiger partial charge in [-0.25, -0.2) is 0 Å². The van der Waals surface area contributed by atoms with Crippen LogP contribution >= 0.6 is 0 Å². The number of hydrogen-bond acceptors (Lipinski definition) is 2. The standard InChI is InChI=1S/C12H24N2/c1-3-10-14(12-7-8-12)11-6-5-9-13-4-2/h3,12-13H,1,4-11H2,2H3. The van der Waals surface area contributed by atoms with Gasteiger partial charge in [-0.05, 0) is 45.3 Å². The summed E-state index contributed by atoms with van der Waals surface area (Å²) >= 11 is 0. The highest BCUT2D eigenvalue weighted by molar-refractivity contribution is 4.87. The Morgan fingerprint density at radius 3 is 2.79 bits per heavy atom. The Morgan fingerprint density at radius 1 is 1.43 bits per heavy atom. The van der Waals surface area contributed by atoms with Gasteiger partial charge in [-0.15, -0.1) is 6.58 Å². The first kappa shape index (κ1) is 11.7. The highest BCUT2D eigenvalue weighted by Gasteiger charge is 2.27. The molecule has 1 N–H and O–H groups in total. The van der Waals surface area contributed by atoms with E-state index in [2.05, 4.69) is 23.7 Å². The number of nitrogens with one attached hydrogen (secondary N) is 1. The molecule has 0 aromatic rings. The lowest BCUT2D eigenvalue weighted by Gasteiger charge is -2.19. The van der Waals surface area contributed by atoms with Crippen LogP contribution < -0.4 is 5.32 Å². The predicted molar refractivity (Wildman–Crippen MR) is 62.6 cm³/mol. The Labute approximate surface area is 88.4 Å². The fraction of sp³-hybridized carbons (Fsp3) is 0.833. The van der Waals surface area contributed by atoms with E-state index in [1.165, 1.54) is 38.8 Å². The zero-order valence-corrected chi connectivity index (χ0v) is 9.47. The van der Waals surface area contributed by atoms with E-state index in [1.54, 1.807) is 0 Å². The smallest absolute Gasteiger partial charge is 0.0163 e. The lowest BCUT2D eigenvalue weighted by Crippen LogP contribution is -2.28. The fourth-order valence-electron chi connectivity index (χ4n) is 1.77. The molecule has 0 aromatic heterocycles. The molecule has 0 atom stereocenters. The number of nitrogens with zero attached hydrogens (tertiary/aromatic N) is 1. The summed E-state index contributed by atoms with van der Waals surface area (Å²) in [6, 6.07) is 0.882. The van der Waals surface area contributed by atoms with Crippen molar-refractivity contribution in [3.05, 3.63) is 12.7 Å². The Bertz CT molecular complexity index is 152. The zero-order valence-electron chi connectivity index (χ0n) is 9.47. The molecule has 82 valence electrons. The van der Waals surface area contributed by atoms with Gasteiger partial charge in [0.05, 0.1) is 0 Å². The molecule has 1 saturated carbocycles. The average molecular weight is 196 g/mol. The Kier molecular flexibility index (Phi) is 5.88. The topological polar surface area (TPSA) is 15.3 Å². The van der Waals surface area contributed by atoms with Gasteiger partial charge in [0.1, 0.15) is 0 Å². The second kappa shape index (κ2) is 7.02. The van der Waals surface area contributed by atoms with E-state index in [0.717, 1.165) is 19.1 Å². The molecular weight excluding hydrogens is 172 g/mol.